The second kappa shape index (κ2) is 9.02. The van der Waals surface area contributed by atoms with Gasteiger partial charge in [-0.25, -0.2) is 4.68 Å². The molecule has 4 aromatic rings. The van der Waals surface area contributed by atoms with E-state index >= 15 is 0 Å². The molecule has 0 saturated carbocycles. The summed E-state index contributed by atoms with van der Waals surface area (Å²) >= 11 is 0. The SMILES string of the molecule is Cc1cc(-c2ccc(C(=O)N3CCC(c4cccnc4)C3)cc2-n2cccn2)cc(C(F)(F)F)c1. The van der Waals surface area contributed by atoms with Crippen LogP contribution in [0.15, 0.2) is 79.4 Å². The monoisotopic (exact) mass is 476 g/mol. The van der Waals surface area contributed by atoms with Crippen LogP contribution in [0.1, 0.15) is 39.4 Å². The smallest absolute Gasteiger partial charge is 0.338 e. The maximum absolute atomic E-state index is 13.5. The minimum absolute atomic E-state index is 0.114. The third-order valence-corrected chi connectivity index (χ3v) is 6.34. The number of aromatic nitrogens is 3. The van der Waals surface area contributed by atoms with Gasteiger partial charge in [0.1, 0.15) is 0 Å². The first-order valence-corrected chi connectivity index (χ1v) is 11.3. The second-order valence-electron chi connectivity index (χ2n) is 8.79. The number of alkyl halides is 3. The third kappa shape index (κ3) is 4.69. The van der Waals surface area contributed by atoms with E-state index in [1.165, 1.54) is 0 Å². The van der Waals surface area contributed by atoms with Crippen molar-refractivity contribution in [1.82, 2.24) is 19.7 Å². The number of amides is 1. The first-order valence-electron chi connectivity index (χ1n) is 11.3. The van der Waals surface area contributed by atoms with Crippen LogP contribution >= 0.6 is 0 Å². The summed E-state index contributed by atoms with van der Waals surface area (Å²) in [7, 11) is 0. The largest absolute Gasteiger partial charge is 0.416 e. The molecule has 2 aromatic heterocycles. The highest BCUT2D eigenvalue weighted by Crippen LogP contribution is 2.36. The highest BCUT2D eigenvalue weighted by Gasteiger charge is 2.32. The Bertz CT molecular complexity index is 1350. The average molecular weight is 477 g/mol. The second-order valence-corrected chi connectivity index (χ2v) is 8.79. The number of aryl methyl sites for hydroxylation is 1. The summed E-state index contributed by atoms with van der Waals surface area (Å²) in [6.45, 7) is 2.86. The Balaban J connectivity index is 1.50. The number of halogens is 3. The van der Waals surface area contributed by atoms with E-state index in [0.29, 0.717) is 41.0 Å². The number of benzene rings is 2. The summed E-state index contributed by atoms with van der Waals surface area (Å²) in [5, 5.41) is 4.28. The van der Waals surface area contributed by atoms with Gasteiger partial charge in [0.15, 0.2) is 0 Å². The van der Waals surface area contributed by atoms with Crippen molar-refractivity contribution in [2.45, 2.75) is 25.4 Å². The predicted molar refractivity (Wildman–Crippen MR) is 126 cm³/mol. The zero-order valence-electron chi connectivity index (χ0n) is 19.0. The van der Waals surface area contributed by atoms with E-state index in [-0.39, 0.29) is 11.8 Å². The summed E-state index contributed by atoms with van der Waals surface area (Å²) in [6.07, 6.45) is 3.26. The molecule has 1 saturated heterocycles. The standard InChI is InChI=1S/C27H23F3N4O/c1-18-12-22(14-23(13-18)27(28,29)30)24-6-5-19(15-25(24)34-10-3-9-32-34)26(35)33-11-7-21(17-33)20-4-2-8-31-16-20/h2-6,8-10,12-16,21H,7,11,17H2,1H3. The van der Waals surface area contributed by atoms with Crippen LogP contribution in [0.3, 0.4) is 0 Å². The van der Waals surface area contributed by atoms with E-state index in [1.807, 2.05) is 23.2 Å². The number of likely N-dealkylation sites (tertiary alicyclic amines) is 1. The molecule has 3 heterocycles. The molecule has 5 nitrogen and oxygen atoms in total. The highest BCUT2D eigenvalue weighted by molar-refractivity contribution is 5.96. The van der Waals surface area contributed by atoms with Crippen LogP contribution in [0.25, 0.3) is 16.8 Å². The molecule has 1 unspecified atom stereocenters. The maximum Gasteiger partial charge on any atom is 0.416 e. The van der Waals surface area contributed by atoms with Gasteiger partial charge in [0.2, 0.25) is 0 Å². The van der Waals surface area contributed by atoms with Crippen LogP contribution in [0, 0.1) is 6.92 Å². The molecule has 2 aromatic carbocycles. The van der Waals surface area contributed by atoms with Crippen LogP contribution in [0.5, 0.6) is 0 Å². The van der Waals surface area contributed by atoms with E-state index in [9.17, 15) is 18.0 Å². The fourth-order valence-corrected chi connectivity index (χ4v) is 4.63. The Hall–Kier alpha value is -3.94. The van der Waals surface area contributed by atoms with Crippen LogP contribution in [-0.4, -0.2) is 38.7 Å². The van der Waals surface area contributed by atoms with Crippen molar-refractivity contribution in [3.63, 3.8) is 0 Å². The molecule has 5 rings (SSSR count). The molecule has 0 aliphatic carbocycles. The molecule has 0 spiro atoms. The van der Waals surface area contributed by atoms with Crippen molar-refractivity contribution >= 4 is 5.91 Å². The normalized spacial score (nSPS) is 16.0. The average Bonchev–Trinajstić information content (AvgIpc) is 3.56. The van der Waals surface area contributed by atoms with Gasteiger partial charge in [-0.1, -0.05) is 18.2 Å². The Labute approximate surface area is 200 Å². The van der Waals surface area contributed by atoms with E-state index < -0.39 is 11.7 Å². The topological polar surface area (TPSA) is 51.0 Å². The summed E-state index contributed by atoms with van der Waals surface area (Å²) < 4.78 is 42.0. The van der Waals surface area contributed by atoms with Crippen molar-refractivity contribution in [1.29, 1.82) is 0 Å². The highest BCUT2D eigenvalue weighted by atomic mass is 19.4. The first kappa shape index (κ1) is 22.8. The van der Waals surface area contributed by atoms with Gasteiger partial charge < -0.3 is 4.90 Å². The van der Waals surface area contributed by atoms with Crippen molar-refractivity contribution in [3.8, 4) is 16.8 Å². The van der Waals surface area contributed by atoms with Crippen molar-refractivity contribution in [2.75, 3.05) is 13.1 Å². The van der Waals surface area contributed by atoms with Gasteiger partial charge in [-0.15, -0.1) is 0 Å². The van der Waals surface area contributed by atoms with Crippen LogP contribution in [0.4, 0.5) is 13.2 Å². The summed E-state index contributed by atoms with van der Waals surface area (Å²) in [4.78, 5) is 19.4. The van der Waals surface area contributed by atoms with E-state index in [0.717, 1.165) is 24.1 Å². The van der Waals surface area contributed by atoms with Gasteiger partial charge in [-0.2, -0.15) is 18.3 Å². The van der Waals surface area contributed by atoms with Crippen LogP contribution < -0.4 is 0 Å². The van der Waals surface area contributed by atoms with Gasteiger partial charge in [-0.05, 0) is 66.4 Å². The van der Waals surface area contributed by atoms with Gasteiger partial charge in [0, 0.05) is 54.9 Å². The van der Waals surface area contributed by atoms with Crippen molar-refractivity contribution in [3.05, 3.63) is 102 Å². The Morgan fingerprint density at radius 3 is 2.63 bits per heavy atom. The zero-order valence-corrected chi connectivity index (χ0v) is 19.0. The maximum atomic E-state index is 13.5. The number of hydrogen-bond acceptors (Lipinski definition) is 3. The Kier molecular flexibility index (Phi) is 5.88. The molecule has 1 fully saturated rings. The minimum Gasteiger partial charge on any atom is -0.338 e. The number of hydrogen-bond donors (Lipinski definition) is 0. The first-order chi connectivity index (χ1) is 16.8. The third-order valence-electron chi connectivity index (χ3n) is 6.34. The molecule has 1 aliphatic heterocycles. The molecular weight excluding hydrogens is 453 g/mol. The van der Waals surface area contributed by atoms with Gasteiger partial charge in [0.05, 0.1) is 11.3 Å². The van der Waals surface area contributed by atoms with Crippen LogP contribution in [-0.2, 0) is 6.18 Å². The lowest BCUT2D eigenvalue weighted by Gasteiger charge is -2.19. The number of carbonyl (C=O) groups is 1. The van der Waals surface area contributed by atoms with Gasteiger partial charge >= 0.3 is 6.18 Å². The summed E-state index contributed by atoms with van der Waals surface area (Å²) in [5.74, 6) is 0.113. The molecule has 0 N–H and O–H groups in total. The van der Waals surface area contributed by atoms with Crippen molar-refractivity contribution in [2.24, 2.45) is 0 Å². The molecule has 8 heteroatoms. The lowest BCUT2D eigenvalue weighted by Crippen LogP contribution is -2.28. The summed E-state index contributed by atoms with van der Waals surface area (Å²) in [6, 6.07) is 14.7. The fourth-order valence-electron chi connectivity index (χ4n) is 4.63. The molecule has 0 bridgehead atoms. The Morgan fingerprint density at radius 1 is 1.06 bits per heavy atom. The molecule has 0 radical (unpaired) electrons. The molecular formula is C27H23F3N4O. The molecule has 1 aliphatic rings. The fraction of sp³-hybridized carbons (Fsp3) is 0.222. The lowest BCUT2D eigenvalue weighted by molar-refractivity contribution is -0.137. The van der Waals surface area contributed by atoms with E-state index in [2.05, 4.69) is 10.1 Å². The molecule has 178 valence electrons. The number of rotatable bonds is 4. The lowest BCUT2D eigenvalue weighted by atomic mass is 9.97. The quantitative estimate of drug-likeness (QED) is 0.369. The number of pyridine rings is 1. The number of carbonyl (C=O) groups excluding carboxylic acids is 1. The Morgan fingerprint density at radius 2 is 1.91 bits per heavy atom. The van der Waals surface area contributed by atoms with Crippen LogP contribution in [0.2, 0.25) is 0 Å². The van der Waals surface area contributed by atoms with E-state index in [1.54, 1.807) is 60.5 Å². The molecule has 1 atom stereocenters. The van der Waals surface area contributed by atoms with Gasteiger partial charge in [0.25, 0.3) is 5.91 Å². The zero-order chi connectivity index (χ0) is 24.6. The van der Waals surface area contributed by atoms with Crippen molar-refractivity contribution < 1.29 is 18.0 Å². The predicted octanol–water partition coefficient (Wildman–Crippen LogP) is 5.89. The minimum atomic E-state index is -4.46. The summed E-state index contributed by atoms with van der Waals surface area (Å²) in [5.41, 5.74) is 2.89. The number of nitrogens with zero attached hydrogens (tertiary/aromatic N) is 4. The van der Waals surface area contributed by atoms with Gasteiger partial charge in [-0.3, -0.25) is 9.78 Å². The molecule has 1 amide bonds. The van der Waals surface area contributed by atoms with E-state index in [4.69, 9.17) is 0 Å². The molecule has 35 heavy (non-hydrogen) atoms.